The Morgan fingerprint density at radius 3 is 2.11 bits per heavy atom. The van der Waals surface area contributed by atoms with Crippen molar-refractivity contribution < 1.29 is 19.4 Å². The molecular formula is C5H8O4. The van der Waals surface area contributed by atoms with Crippen molar-refractivity contribution in [3.8, 4) is 0 Å². The summed E-state index contributed by atoms with van der Waals surface area (Å²) in [5, 5.41) is 8.24. The fraction of sp³-hybridized carbons (Fsp3) is 0.400. The van der Waals surface area contributed by atoms with Crippen molar-refractivity contribution in [2.75, 3.05) is 14.2 Å². The van der Waals surface area contributed by atoms with Gasteiger partial charge in [-0.25, -0.2) is 4.79 Å². The van der Waals surface area contributed by atoms with Crippen LogP contribution in [0.4, 0.5) is 0 Å². The van der Waals surface area contributed by atoms with Gasteiger partial charge >= 0.3 is 5.97 Å². The molecule has 0 fully saturated rings. The molecule has 0 saturated carbocycles. The summed E-state index contributed by atoms with van der Waals surface area (Å²) in [7, 11) is 2.46. The van der Waals surface area contributed by atoms with Crippen LogP contribution in [0.2, 0.25) is 0 Å². The second kappa shape index (κ2) is 3.77. The Bertz CT molecular complexity index is 127. The maximum absolute atomic E-state index is 10.4. The zero-order chi connectivity index (χ0) is 7.28. The quantitative estimate of drug-likeness (QED) is 0.331. The van der Waals surface area contributed by atoms with E-state index in [-0.39, 0.29) is 5.76 Å². The Hall–Kier alpha value is -1.19. The Labute approximate surface area is 52.7 Å². The molecule has 0 radical (unpaired) electrons. The van der Waals surface area contributed by atoms with E-state index in [2.05, 4.69) is 9.47 Å². The van der Waals surface area contributed by atoms with E-state index in [1.807, 2.05) is 0 Å². The number of esters is 1. The molecule has 4 nitrogen and oxygen atoms in total. The molecule has 4 heteroatoms. The van der Waals surface area contributed by atoms with Gasteiger partial charge in [-0.15, -0.1) is 0 Å². The van der Waals surface area contributed by atoms with Crippen molar-refractivity contribution >= 4 is 5.97 Å². The summed E-state index contributed by atoms with van der Waals surface area (Å²) in [5.41, 5.74) is 0. The minimum Gasteiger partial charge on any atom is -0.511 e. The SMILES string of the molecule is COC(=O)C(=CO)OC. The van der Waals surface area contributed by atoms with Crippen molar-refractivity contribution in [1.29, 1.82) is 0 Å². The van der Waals surface area contributed by atoms with Gasteiger partial charge in [0.15, 0.2) is 0 Å². The van der Waals surface area contributed by atoms with Crippen LogP contribution in [-0.4, -0.2) is 25.3 Å². The highest BCUT2D eigenvalue weighted by atomic mass is 16.6. The summed E-state index contributed by atoms with van der Waals surface area (Å²) in [5.74, 6) is -0.905. The first kappa shape index (κ1) is 7.81. The van der Waals surface area contributed by atoms with Crippen LogP contribution in [-0.2, 0) is 14.3 Å². The number of methoxy groups -OCH3 is 2. The van der Waals surface area contributed by atoms with Crippen molar-refractivity contribution in [1.82, 2.24) is 0 Å². The lowest BCUT2D eigenvalue weighted by Gasteiger charge is -1.99. The summed E-state index contributed by atoms with van der Waals surface area (Å²) in [6.07, 6.45) is 0.547. The first-order chi connectivity index (χ1) is 4.26. The van der Waals surface area contributed by atoms with Crippen LogP contribution in [0.25, 0.3) is 0 Å². The molecule has 0 aromatic rings. The van der Waals surface area contributed by atoms with Gasteiger partial charge in [0.1, 0.15) is 6.26 Å². The van der Waals surface area contributed by atoms with Gasteiger partial charge in [-0.05, 0) is 0 Å². The summed E-state index contributed by atoms with van der Waals surface area (Å²) in [6.45, 7) is 0. The molecule has 1 N–H and O–H groups in total. The Kier molecular flexibility index (Phi) is 3.27. The molecule has 0 aliphatic rings. The first-order valence-corrected chi connectivity index (χ1v) is 2.23. The first-order valence-electron chi connectivity index (χ1n) is 2.23. The summed E-state index contributed by atoms with van der Waals surface area (Å²) < 4.78 is 8.59. The van der Waals surface area contributed by atoms with Crippen molar-refractivity contribution in [2.45, 2.75) is 0 Å². The van der Waals surface area contributed by atoms with Gasteiger partial charge in [0.25, 0.3) is 0 Å². The van der Waals surface area contributed by atoms with Crippen molar-refractivity contribution in [2.24, 2.45) is 0 Å². The van der Waals surface area contributed by atoms with E-state index in [0.29, 0.717) is 6.26 Å². The molecule has 0 rings (SSSR count). The highest BCUT2D eigenvalue weighted by molar-refractivity contribution is 5.85. The van der Waals surface area contributed by atoms with E-state index in [1.54, 1.807) is 0 Å². The van der Waals surface area contributed by atoms with Gasteiger partial charge in [0.05, 0.1) is 14.2 Å². The molecule has 9 heavy (non-hydrogen) atoms. The molecule has 0 bridgehead atoms. The predicted octanol–water partition coefficient (Wildman–Crippen LogP) is 0.205. The monoisotopic (exact) mass is 132 g/mol. The molecule has 0 aromatic heterocycles. The lowest BCUT2D eigenvalue weighted by Crippen LogP contribution is -2.05. The summed E-state index contributed by atoms with van der Waals surface area (Å²) in [4.78, 5) is 10.4. The second-order valence-electron chi connectivity index (χ2n) is 1.19. The Morgan fingerprint density at radius 1 is 1.44 bits per heavy atom. The number of aliphatic hydroxyl groups excluding tert-OH is 1. The standard InChI is InChI=1S/C5H8O4/c1-8-4(3-6)5(7)9-2/h3,6H,1-2H3. The number of carbonyl (C=O) groups excluding carboxylic acids is 1. The fourth-order valence-corrected chi connectivity index (χ4v) is 0.289. The van der Waals surface area contributed by atoms with E-state index in [4.69, 9.17) is 5.11 Å². The zero-order valence-corrected chi connectivity index (χ0v) is 5.25. The lowest BCUT2D eigenvalue weighted by atomic mass is 10.5. The van der Waals surface area contributed by atoms with Gasteiger partial charge in [-0.1, -0.05) is 0 Å². The number of hydrogen-bond acceptors (Lipinski definition) is 4. The van der Waals surface area contributed by atoms with Gasteiger partial charge in [0, 0.05) is 0 Å². The molecule has 0 aromatic carbocycles. The molecule has 0 spiro atoms. The van der Waals surface area contributed by atoms with E-state index in [1.165, 1.54) is 14.2 Å². The Balaban J connectivity index is 3.97. The van der Waals surface area contributed by atoms with E-state index in [9.17, 15) is 4.79 Å². The number of hydrogen-bond donors (Lipinski definition) is 1. The molecule has 0 unspecified atom stereocenters. The minimum atomic E-state index is -0.694. The molecule has 0 saturated heterocycles. The van der Waals surface area contributed by atoms with Gasteiger partial charge in [-0.2, -0.15) is 0 Å². The van der Waals surface area contributed by atoms with Crippen molar-refractivity contribution in [3.63, 3.8) is 0 Å². The van der Waals surface area contributed by atoms with E-state index in [0.717, 1.165) is 0 Å². The molecular weight excluding hydrogens is 124 g/mol. The molecule has 0 aliphatic heterocycles. The molecule has 0 amide bonds. The minimum absolute atomic E-state index is 0.211. The summed E-state index contributed by atoms with van der Waals surface area (Å²) >= 11 is 0. The average molecular weight is 132 g/mol. The van der Waals surface area contributed by atoms with Crippen LogP contribution in [0, 0.1) is 0 Å². The maximum Gasteiger partial charge on any atom is 0.376 e. The highest BCUT2D eigenvalue weighted by Gasteiger charge is 2.07. The smallest absolute Gasteiger partial charge is 0.376 e. The highest BCUT2D eigenvalue weighted by Crippen LogP contribution is 1.94. The number of carbonyl (C=O) groups is 1. The number of aliphatic hydroxyl groups is 1. The zero-order valence-electron chi connectivity index (χ0n) is 5.25. The van der Waals surface area contributed by atoms with Crippen LogP contribution < -0.4 is 0 Å². The van der Waals surface area contributed by atoms with E-state index >= 15 is 0 Å². The normalized spacial score (nSPS) is 10.7. The number of ether oxygens (including phenoxy) is 2. The van der Waals surface area contributed by atoms with Crippen LogP contribution in [0.5, 0.6) is 0 Å². The maximum atomic E-state index is 10.4. The van der Waals surface area contributed by atoms with E-state index < -0.39 is 5.97 Å². The second-order valence-corrected chi connectivity index (χ2v) is 1.19. The largest absolute Gasteiger partial charge is 0.511 e. The topological polar surface area (TPSA) is 55.8 Å². The van der Waals surface area contributed by atoms with Gasteiger partial charge < -0.3 is 14.6 Å². The third kappa shape index (κ3) is 2.03. The van der Waals surface area contributed by atoms with Gasteiger partial charge in [0.2, 0.25) is 5.76 Å². The van der Waals surface area contributed by atoms with Crippen LogP contribution in [0.3, 0.4) is 0 Å². The summed E-state index contributed by atoms with van der Waals surface area (Å²) in [6, 6.07) is 0. The third-order valence-corrected chi connectivity index (χ3v) is 0.724. The lowest BCUT2D eigenvalue weighted by molar-refractivity contribution is -0.139. The van der Waals surface area contributed by atoms with Crippen molar-refractivity contribution in [3.05, 3.63) is 12.0 Å². The third-order valence-electron chi connectivity index (χ3n) is 0.724. The fourth-order valence-electron chi connectivity index (χ4n) is 0.289. The van der Waals surface area contributed by atoms with Gasteiger partial charge in [-0.3, -0.25) is 0 Å². The van der Waals surface area contributed by atoms with Crippen LogP contribution >= 0.6 is 0 Å². The van der Waals surface area contributed by atoms with Crippen LogP contribution in [0.1, 0.15) is 0 Å². The van der Waals surface area contributed by atoms with Crippen LogP contribution in [0.15, 0.2) is 12.0 Å². The molecule has 0 aliphatic carbocycles. The predicted molar refractivity (Wildman–Crippen MR) is 29.7 cm³/mol. The Morgan fingerprint density at radius 2 is 2.00 bits per heavy atom. The number of rotatable bonds is 2. The molecule has 0 atom stereocenters. The molecule has 0 heterocycles. The molecule has 52 valence electrons. The average Bonchev–Trinajstić information content (AvgIpc) is 1.90.